The van der Waals surface area contributed by atoms with Crippen LogP contribution in [0.15, 0.2) is 0 Å². The third-order valence-electron chi connectivity index (χ3n) is 9.56. The van der Waals surface area contributed by atoms with Crippen LogP contribution in [0.25, 0.3) is 0 Å². The number of rotatable bonds is 17. The number of likely N-dealkylation sites (N-methyl/N-ethyl adjacent to an activating group) is 2. The maximum atomic E-state index is 14.0. The quantitative estimate of drug-likeness (QED) is 0.276. The second-order valence-corrected chi connectivity index (χ2v) is 12.9. The molecule has 1 N–H and O–H groups in total. The van der Waals surface area contributed by atoms with Gasteiger partial charge in [0.1, 0.15) is 0 Å². The molecule has 238 valence electrons. The van der Waals surface area contributed by atoms with Gasteiger partial charge in [-0.15, -0.1) is 0 Å². The summed E-state index contributed by atoms with van der Waals surface area (Å²) in [4.78, 5) is 57.9. The number of carbonyl (C=O) groups is 4. The molecule has 0 aromatic carbocycles. The second-order valence-electron chi connectivity index (χ2n) is 12.9. The Morgan fingerprint density at radius 2 is 1.59 bits per heavy atom. The van der Waals surface area contributed by atoms with E-state index in [4.69, 9.17) is 9.47 Å². The first kappa shape index (κ1) is 37.0. The summed E-state index contributed by atoms with van der Waals surface area (Å²) in [7, 11) is 8.51. The van der Waals surface area contributed by atoms with E-state index in [1.807, 2.05) is 60.5 Å². The van der Waals surface area contributed by atoms with Crippen LogP contribution in [0.2, 0.25) is 0 Å². The van der Waals surface area contributed by atoms with Gasteiger partial charge < -0.3 is 24.4 Å². The van der Waals surface area contributed by atoms with Crippen molar-refractivity contribution in [3.8, 4) is 0 Å². The standard InChI is InChI=1S/C31H57N3O7/c1-13-20(4)27(33(10)29(37)22(19(2)3)17-25(35)31(6,7)32(8)9)24(40-11)18-26(36)34-16-14-15-23(34)28(41-12)21(5)30(38)39/h19-24,27-28H,13-18H2,1-12H3,(H,38,39)/t20-,21+,22-,23-,24+,27-,28+/m0/s1. The summed E-state index contributed by atoms with van der Waals surface area (Å²) in [6.07, 6.45) is 1.18. The molecule has 1 heterocycles. The maximum Gasteiger partial charge on any atom is 0.308 e. The van der Waals surface area contributed by atoms with Crippen molar-refractivity contribution in [2.24, 2.45) is 23.7 Å². The molecule has 10 nitrogen and oxygen atoms in total. The van der Waals surface area contributed by atoms with Crippen LogP contribution in [0, 0.1) is 23.7 Å². The maximum absolute atomic E-state index is 14.0. The number of nitrogens with zero attached hydrogens (tertiary/aromatic N) is 3. The van der Waals surface area contributed by atoms with Crippen molar-refractivity contribution >= 4 is 23.6 Å². The number of hydrogen-bond acceptors (Lipinski definition) is 7. The topological polar surface area (TPSA) is 117 Å². The molecule has 0 aromatic heterocycles. The van der Waals surface area contributed by atoms with E-state index in [1.165, 1.54) is 7.11 Å². The van der Waals surface area contributed by atoms with E-state index in [-0.39, 0.29) is 48.3 Å². The summed E-state index contributed by atoms with van der Waals surface area (Å²) < 4.78 is 11.5. The largest absolute Gasteiger partial charge is 0.481 e. The molecule has 0 radical (unpaired) electrons. The number of Topliss-reactive ketones (excluding diaryl/α,β-unsaturated/α-hetero) is 1. The van der Waals surface area contributed by atoms with Crippen molar-refractivity contribution in [3.63, 3.8) is 0 Å². The number of ketones is 1. The molecule has 1 aliphatic rings. The van der Waals surface area contributed by atoms with Gasteiger partial charge >= 0.3 is 5.97 Å². The van der Waals surface area contributed by atoms with Gasteiger partial charge in [-0.3, -0.25) is 24.1 Å². The lowest BCUT2D eigenvalue weighted by Gasteiger charge is -2.41. The summed E-state index contributed by atoms with van der Waals surface area (Å²) >= 11 is 0. The molecule has 10 heteroatoms. The first-order chi connectivity index (χ1) is 19.0. The Morgan fingerprint density at radius 3 is 2.02 bits per heavy atom. The second kappa shape index (κ2) is 16.0. The molecule has 0 saturated carbocycles. The molecular weight excluding hydrogens is 526 g/mol. The number of aliphatic carboxylic acids is 1. The van der Waals surface area contributed by atoms with Crippen molar-refractivity contribution in [3.05, 3.63) is 0 Å². The molecule has 0 spiro atoms. The number of ether oxygens (including phenoxy) is 2. The fourth-order valence-electron chi connectivity index (χ4n) is 5.87. The van der Waals surface area contributed by atoms with Crippen LogP contribution in [0.1, 0.15) is 80.6 Å². The molecule has 0 aromatic rings. The van der Waals surface area contributed by atoms with Crippen LogP contribution < -0.4 is 0 Å². The number of carboxylic acids is 1. The molecule has 0 aliphatic carbocycles. The van der Waals surface area contributed by atoms with Crippen LogP contribution in [0.3, 0.4) is 0 Å². The molecule has 0 unspecified atom stereocenters. The van der Waals surface area contributed by atoms with Crippen molar-refractivity contribution in [2.75, 3.05) is 41.9 Å². The summed E-state index contributed by atoms with van der Waals surface area (Å²) in [6, 6.07) is -0.731. The average molecular weight is 584 g/mol. The summed E-state index contributed by atoms with van der Waals surface area (Å²) in [5, 5.41) is 9.57. The zero-order valence-corrected chi connectivity index (χ0v) is 27.6. The van der Waals surface area contributed by atoms with E-state index in [2.05, 4.69) is 0 Å². The monoisotopic (exact) mass is 583 g/mol. The van der Waals surface area contributed by atoms with E-state index in [0.29, 0.717) is 13.0 Å². The van der Waals surface area contributed by atoms with E-state index in [0.717, 1.165) is 12.8 Å². The van der Waals surface area contributed by atoms with Gasteiger partial charge in [-0.25, -0.2) is 0 Å². The molecule has 1 rings (SSSR count). The third kappa shape index (κ3) is 8.97. The highest BCUT2D eigenvalue weighted by Crippen LogP contribution is 2.31. The minimum atomic E-state index is -0.963. The summed E-state index contributed by atoms with van der Waals surface area (Å²) in [6.45, 7) is 13.9. The molecule has 0 bridgehead atoms. The van der Waals surface area contributed by atoms with Gasteiger partial charge in [0, 0.05) is 40.2 Å². The minimum Gasteiger partial charge on any atom is -0.481 e. The van der Waals surface area contributed by atoms with Gasteiger partial charge in [-0.1, -0.05) is 34.1 Å². The Kier molecular flexibility index (Phi) is 14.4. The van der Waals surface area contributed by atoms with Gasteiger partial charge in [0.2, 0.25) is 11.8 Å². The Bertz CT molecular complexity index is 891. The lowest BCUT2D eigenvalue weighted by Crippen LogP contribution is -2.54. The molecule has 2 amide bonds. The average Bonchev–Trinajstić information content (AvgIpc) is 3.39. The number of likely N-dealkylation sites (tertiary alicyclic amines) is 1. The van der Waals surface area contributed by atoms with Gasteiger partial charge in [0.05, 0.1) is 42.2 Å². The molecule has 7 atom stereocenters. The molecule has 1 aliphatic heterocycles. The zero-order valence-electron chi connectivity index (χ0n) is 27.6. The Morgan fingerprint density at radius 1 is 1.00 bits per heavy atom. The van der Waals surface area contributed by atoms with Crippen molar-refractivity contribution in [2.45, 2.75) is 110 Å². The minimum absolute atomic E-state index is 0.00451. The number of carbonyl (C=O) groups excluding carboxylic acids is 3. The Labute approximate surface area is 248 Å². The predicted molar refractivity (Wildman–Crippen MR) is 159 cm³/mol. The third-order valence-corrected chi connectivity index (χ3v) is 9.56. The van der Waals surface area contributed by atoms with E-state index in [9.17, 15) is 24.3 Å². The van der Waals surface area contributed by atoms with E-state index >= 15 is 0 Å². The summed E-state index contributed by atoms with van der Waals surface area (Å²) in [5.74, 6) is -2.53. The Balaban J connectivity index is 3.26. The van der Waals surface area contributed by atoms with Gasteiger partial charge in [0.15, 0.2) is 5.78 Å². The molecule has 1 saturated heterocycles. The lowest BCUT2D eigenvalue weighted by molar-refractivity contribution is -0.152. The fourth-order valence-corrected chi connectivity index (χ4v) is 5.87. The fraction of sp³-hybridized carbons (Fsp3) is 0.871. The molecule has 1 fully saturated rings. The van der Waals surface area contributed by atoms with Crippen LogP contribution in [-0.2, 0) is 28.7 Å². The number of carboxylic acid groups (broad SMARTS) is 1. The summed E-state index contributed by atoms with van der Waals surface area (Å²) in [5.41, 5.74) is -0.700. The number of amides is 2. The molecular formula is C31H57N3O7. The predicted octanol–water partition coefficient (Wildman–Crippen LogP) is 3.56. The number of methoxy groups -OCH3 is 2. The van der Waals surface area contributed by atoms with Crippen LogP contribution in [0.5, 0.6) is 0 Å². The van der Waals surface area contributed by atoms with Crippen molar-refractivity contribution < 1.29 is 33.8 Å². The van der Waals surface area contributed by atoms with Gasteiger partial charge in [0.25, 0.3) is 0 Å². The van der Waals surface area contributed by atoms with E-state index < -0.39 is 41.6 Å². The highest BCUT2D eigenvalue weighted by molar-refractivity contribution is 5.92. The first-order valence-electron chi connectivity index (χ1n) is 15.0. The normalized spacial score (nSPS) is 20.4. The van der Waals surface area contributed by atoms with Gasteiger partial charge in [-0.2, -0.15) is 0 Å². The van der Waals surface area contributed by atoms with Crippen LogP contribution >= 0.6 is 0 Å². The number of hydrogen-bond donors (Lipinski definition) is 1. The highest BCUT2D eigenvalue weighted by Gasteiger charge is 2.43. The van der Waals surface area contributed by atoms with Crippen molar-refractivity contribution in [1.82, 2.24) is 14.7 Å². The lowest BCUT2D eigenvalue weighted by atomic mass is 9.82. The zero-order chi connectivity index (χ0) is 31.8. The Hall–Kier alpha value is -2.04. The van der Waals surface area contributed by atoms with Crippen molar-refractivity contribution in [1.29, 1.82) is 0 Å². The first-order valence-corrected chi connectivity index (χ1v) is 15.0. The van der Waals surface area contributed by atoms with E-state index in [1.54, 1.807) is 30.9 Å². The van der Waals surface area contributed by atoms with Gasteiger partial charge in [-0.05, 0) is 59.5 Å². The van der Waals surface area contributed by atoms with Crippen LogP contribution in [0.4, 0.5) is 0 Å². The SMILES string of the molecule is CC[C@H](C)[C@@H]([C@@H](CC(=O)N1CCC[C@H]1[C@H](OC)[C@@H](C)C(=O)O)OC)N(C)C(=O)[C@@H](CC(=O)C(C)(C)N(C)C)C(C)C. The van der Waals surface area contributed by atoms with Crippen LogP contribution in [-0.4, -0.2) is 115 Å². The smallest absolute Gasteiger partial charge is 0.308 e. The highest BCUT2D eigenvalue weighted by atomic mass is 16.5. The molecule has 41 heavy (non-hydrogen) atoms.